The Kier molecular flexibility index (Phi) is 6.20. The zero-order valence-corrected chi connectivity index (χ0v) is 16.3. The monoisotopic (exact) mass is 398 g/mol. The molecule has 0 aromatic heterocycles. The lowest BCUT2D eigenvalue weighted by Crippen LogP contribution is -2.67. The third-order valence-corrected chi connectivity index (χ3v) is 5.68. The first-order chi connectivity index (χ1) is 13.8. The minimum Gasteiger partial charge on any atom is -0.479 e. The number of hydrogen-bond donors (Lipinski definition) is 3. The molecule has 1 aliphatic rings. The van der Waals surface area contributed by atoms with E-state index in [-0.39, 0.29) is 19.0 Å². The summed E-state index contributed by atoms with van der Waals surface area (Å²) in [4.78, 5) is 26.4. The molecule has 0 bridgehead atoms. The fraction of sp³-hybridized carbons (Fsp3) is 0.364. The van der Waals surface area contributed by atoms with E-state index < -0.39 is 30.3 Å². The molecule has 29 heavy (non-hydrogen) atoms. The van der Waals surface area contributed by atoms with Crippen molar-refractivity contribution in [3.63, 3.8) is 0 Å². The number of nitrogens with zero attached hydrogens (tertiary/aromatic N) is 2. The van der Waals surface area contributed by atoms with Crippen LogP contribution in [0.25, 0.3) is 0 Å². The highest BCUT2D eigenvalue weighted by molar-refractivity contribution is 5.80. The predicted octanol–water partition coefficient (Wildman–Crippen LogP) is 2.82. The Morgan fingerprint density at radius 2 is 1.69 bits per heavy atom. The first kappa shape index (κ1) is 20.8. The molecule has 7 heteroatoms. The summed E-state index contributed by atoms with van der Waals surface area (Å²) in [5.74, 6) is -1.41. The zero-order valence-electron chi connectivity index (χ0n) is 16.3. The molecule has 3 N–H and O–H groups in total. The SMILES string of the molecule is C[C@@H](c1ccccc1)N(Cc1ccccc1)[C@@H]1CCN(C(=O)O)C[C@]1(O)C(=O)O. The Morgan fingerprint density at radius 1 is 1.10 bits per heavy atom. The fourth-order valence-electron chi connectivity index (χ4n) is 4.04. The lowest BCUT2D eigenvalue weighted by atomic mass is 9.84. The Labute approximate surface area is 169 Å². The van der Waals surface area contributed by atoms with Crippen molar-refractivity contribution in [3.05, 3.63) is 71.8 Å². The van der Waals surface area contributed by atoms with E-state index in [1.807, 2.05) is 72.5 Å². The third-order valence-electron chi connectivity index (χ3n) is 5.68. The van der Waals surface area contributed by atoms with E-state index in [1.54, 1.807) is 0 Å². The van der Waals surface area contributed by atoms with Gasteiger partial charge in [-0.25, -0.2) is 9.59 Å². The van der Waals surface area contributed by atoms with E-state index in [4.69, 9.17) is 0 Å². The molecular weight excluding hydrogens is 372 g/mol. The van der Waals surface area contributed by atoms with Crippen molar-refractivity contribution in [1.82, 2.24) is 9.80 Å². The molecule has 0 saturated carbocycles. The van der Waals surface area contributed by atoms with Gasteiger partial charge in [0.1, 0.15) is 0 Å². The number of likely N-dealkylation sites (tertiary alicyclic amines) is 1. The van der Waals surface area contributed by atoms with Gasteiger partial charge in [0.2, 0.25) is 0 Å². The summed E-state index contributed by atoms with van der Waals surface area (Å²) in [6.45, 7) is 2.12. The van der Waals surface area contributed by atoms with Gasteiger partial charge in [-0.3, -0.25) is 4.90 Å². The van der Waals surface area contributed by atoms with Crippen LogP contribution in [0.3, 0.4) is 0 Å². The summed E-state index contributed by atoms with van der Waals surface area (Å²) in [7, 11) is 0. The van der Waals surface area contributed by atoms with E-state index >= 15 is 0 Å². The van der Waals surface area contributed by atoms with Gasteiger partial charge in [0.15, 0.2) is 5.60 Å². The number of β-amino-alcohol motifs (C(OH)–C–C–N with tert-alkyl or cyclic N) is 1. The van der Waals surface area contributed by atoms with Gasteiger partial charge in [-0.2, -0.15) is 0 Å². The van der Waals surface area contributed by atoms with Crippen molar-refractivity contribution >= 4 is 12.1 Å². The minimum atomic E-state index is -2.20. The molecule has 1 amide bonds. The number of aliphatic hydroxyl groups is 1. The molecule has 3 atom stereocenters. The summed E-state index contributed by atoms with van der Waals surface area (Å²) in [6.07, 6.45) is -1.01. The maximum atomic E-state index is 12.1. The third kappa shape index (κ3) is 4.41. The normalized spacial score (nSPS) is 23.0. The number of hydrogen-bond acceptors (Lipinski definition) is 4. The number of carbonyl (C=O) groups is 2. The number of piperidine rings is 1. The summed E-state index contributed by atoms with van der Waals surface area (Å²) in [5, 5.41) is 30.3. The fourth-order valence-corrected chi connectivity index (χ4v) is 4.04. The molecule has 3 rings (SSSR count). The first-order valence-electron chi connectivity index (χ1n) is 9.61. The molecule has 1 saturated heterocycles. The number of benzene rings is 2. The van der Waals surface area contributed by atoms with Crippen molar-refractivity contribution in [1.29, 1.82) is 0 Å². The van der Waals surface area contributed by atoms with Crippen molar-refractivity contribution in [2.24, 2.45) is 0 Å². The lowest BCUT2D eigenvalue weighted by Gasteiger charge is -2.48. The van der Waals surface area contributed by atoms with E-state index in [1.165, 1.54) is 0 Å². The second-order valence-corrected chi connectivity index (χ2v) is 7.48. The smallest absolute Gasteiger partial charge is 0.407 e. The molecule has 0 spiro atoms. The van der Waals surface area contributed by atoms with Crippen LogP contribution in [0, 0.1) is 0 Å². The average Bonchev–Trinajstić information content (AvgIpc) is 2.73. The quantitative estimate of drug-likeness (QED) is 0.692. The Hall–Kier alpha value is -2.90. The number of amides is 1. The number of rotatable bonds is 6. The molecule has 0 unspecified atom stereocenters. The average molecular weight is 398 g/mol. The molecule has 0 aliphatic carbocycles. The number of aliphatic carboxylic acids is 1. The van der Waals surface area contributed by atoms with Gasteiger partial charge in [-0.05, 0) is 24.5 Å². The second kappa shape index (κ2) is 8.63. The summed E-state index contributed by atoms with van der Waals surface area (Å²) in [6, 6.07) is 18.4. The van der Waals surface area contributed by atoms with Gasteiger partial charge in [0.05, 0.1) is 12.6 Å². The van der Waals surface area contributed by atoms with Gasteiger partial charge < -0.3 is 20.2 Å². The summed E-state index contributed by atoms with van der Waals surface area (Å²) >= 11 is 0. The predicted molar refractivity (Wildman–Crippen MR) is 107 cm³/mol. The molecule has 1 aliphatic heterocycles. The van der Waals surface area contributed by atoms with Crippen molar-refractivity contribution in [2.75, 3.05) is 13.1 Å². The van der Waals surface area contributed by atoms with Crippen LogP contribution in [-0.2, 0) is 11.3 Å². The Bertz CT molecular complexity index is 845. The van der Waals surface area contributed by atoms with Crippen LogP contribution in [0.5, 0.6) is 0 Å². The molecule has 2 aromatic rings. The van der Waals surface area contributed by atoms with Crippen LogP contribution in [0.1, 0.15) is 30.5 Å². The lowest BCUT2D eigenvalue weighted by molar-refractivity contribution is -0.176. The molecular formula is C22H26N2O5. The zero-order chi connectivity index (χ0) is 21.0. The summed E-state index contributed by atoms with van der Waals surface area (Å²) in [5.41, 5.74) is -0.213. The summed E-state index contributed by atoms with van der Waals surface area (Å²) < 4.78 is 0. The topological polar surface area (TPSA) is 101 Å². The molecule has 0 radical (unpaired) electrons. The maximum Gasteiger partial charge on any atom is 0.407 e. The molecule has 2 aromatic carbocycles. The van der Waals surface area contributed by atoms with Gasteiger partial charge in [0.25, 0.3) is 0 Å². The largest absolute Gasteiger partial charge is 0.479 e. The highest BCUT2D eigenvalue weighted by Gasteiger charge is 2.52. The number of carboxylic acid groups (broad SMARTS) is 2. The van der Waals surface area contributed by atoms with Crippen molar-refractivity contribution in [3.8, 4) is 0 Å². The molecule has 1 heterocycles. The Balaban J connectivity index is 1.99. The van der Waals surface area contributed by atoms with E-state index in [0.717, 1.165) is 16.0 Å². The van der Waals surface area contributed by atoms with E-state index in [2.05, 4.69) is 0 Å². The van der Waals surface area contributed by atoms with Crippen LogP contribution in [0.15, 0.2) is 60.7 Å². The Morgan fingerprint density at radius 3 is 2.24 bits per heavy atom. The van der Waals surface area contributed by atoms with Gasteiger partial charge in [-0.15, -0.1) is 0 Å². The van der Waals surface area contributed by atoms with Gasteiger partial charge in [0, 0.05) is 19.1 Å². The highest BCUT2D eigenvalue weighted by Crippen LogP contribution is 2.34. The molecule has 7 nitrogen and oxygen atoms in total. The highest BCUT2D eigenvalue weighted by atomic mass is 16.4. The second-order valence-electron chi connectivity index (χ2n) is 7.48. The van der Waals surface area contributed by atoms with Crippen LogP contribution < -0.4 is 0 Å². The van der Waals surface area contributed by atoms with Gasteiger partial charge >= 0.3 is 12.1 Å². The molecule has 1 fully saturated rings. The van der Waals surface area contributed by atoms with E-state index in [0.29, 0.717) is 6.54 Å². The number of carboxylic acids is 1. The van der Waals surface area contributed by atoms with E-state index in [9.17, 15) is 24.9 Å². The standard InChI is InChI=1S/C22H26N2O5/c1-16(18-10-6-3-7-11-18)24(14-17-8-4-2-5-9-17)19-12-13-23(21(27)28)15-22(19,29)20(25)26/h2-11,16,19,29H,12-15H2,1H3,(H,25,26)(H,27,28)/t16-,19+,22+/m0/s1. The van der Waals surface area contributed by atoms with Crippen molar-refractivity contribution < 1.29 is 24.9 Å². The van der Waals surface area contributed by atoms with Crippen LogP contribution in [-0.4, -0.2) is 61.9 Å². The van der Waals surface area contributed by atoms with Crippen LogP contribution in [0.2, 0.25) is 0 Å². The molecule has 154 valence electrons. The van der Waals surface area contributed by atoms with Crippen molar-refractivity contribution in [2.45, 2.75) is 37.6 Å². The minimum absolute atomic E-state index is 0.169. The maximum absolute atomic E-state index is 12.1. The van der Waals surface area contributed by atoms with Crippen LogP contribution in [0.4, 0.5) is 4.79 Å². The van der Waals surface area contributed by atoms with Gasteiger partial charge in [-0.1, -0.05) is 60.7 Å². The first-order valence-corrected chi connectivity index (χ1v) is 9.61. The van der Waals surface area contributed by atoms with Crippen LogP contribution >= 0.6 is 0 Å².